The number of halogens is 1. The predicted octanol–water partition coefficient (Wildman–Crippen LogP) is 2.00. The summed E-state index contributed by atoms with van der Waals surface area (Å²) >= 11 is 0. The third-order valence-corrected chi connectivity index (χ3v) is 5.13. The van der Waals surface area contributed by atoms with Crippen LogP contribution in [0.2, 0.25) is 0 Å². The second kappa shape index (κ2) is 9.48. The Hall–Kier alpha value is -0.810. The number of carbonyl (C=O) groups excluding carboxylic acids is 2. The number of hydrogen-bond acceptors (Lipinski definition) is 3. The molecule has 1 unspecified atom stereocenters. The molecule has 0 aromatic heterocycles. The summed E-state index contributed by atoms with van der Waals surface area (Å²) in [7, 11) is 0. The molecule has 5 nitrogen and oxygen atoms in total. The van der Waals surface area contributed by atoms with Gasteiger partial charge in [0.15, 0.2) is 0 Å². The van der Waals surface area contributed by atoms with Crippen molar-refractivity contribution in [3.05, 3.63) is 0 Å². The number of amides is 2. The summed E-state index contributed by atoms with van der Waals surface area (Å²) < 4.78 is 0. The second-order valence-corrected chi connectivity index (χ2v) is 7.43. The predicted molar refractivity (Wildman–Crippen MR) is 94.6 cm³/mol. The molecule has 134 valence electrons. The molecular formula is C17H32ClN3O2. The van der Waals surface area contributed by atoms with Crippen LogP contribution in [-0.2, 0) is 9.59 Å². The van der Waals surface area contributed by atoms with Gasteiger partial charge < -0.3 is 16.0 Å². The van der Waals surface area contributed by atoms with E-state index in [1.165, 1.54) is 0 Å². The van der Waals surface area contributed by atoms with Crippen molar-refractivity contribution < 1.29 is 9.59 Å². The molecule has 23 heavy (non-hydrogen) atoms. The van der Waals surface area contributed by atoms with Gasteiger partial charge in [-0.2, -0.15) is 0 Å². The van der Waals surface area contributed by atoms with Crippen molar-refractivity contribution in [3.8, 4) is 0 Å². The van der Waals surface area contributed by atoms with E-state index in [9.17, 15) is 9.59 Å². The summed E-state index contributed by atoms with van der Waals surface area (Å²) in [5.74, 6) is 0.334. The van der Waals surface area contributed by atoms with Crippen LogP contribution in [0, 0.1) is 11.3 Å². The van der Waals surface area contributed by atoms with E-state index >= 15 is 0 Å². The SMILES string of the molecule is CC(CC(=O)NCC1(C)CCNCC1)NC(=O)C1CCCC1.Cl. The molecule has 2 fully saturated rings. The fourth-order valence-corrected chi connectivity index (χ4v) is 3.47. The second-order valence-electron chi connectivity index (χ2n) is 7.43. The maximum atomic E-state index is 12.1. The lowest BCUT2D eigenvalue weighted by atomic mass is 9.81. The zero-order chi connectivity index (χ0) is 16.0. The molecule has 0 spiro atoms. The lowest BCUT2D eigenvalue weighted by molar-refractivity contribution is -0.126. The number of piperidine rings is 1. The average molecular weight is 346 g/mol. The van der Waals surface area contributed by atoms with Crippen molar-refractivity contribution in [2.24, 2.45) is 11.3 Å². The summed E-state index contributed by atoms with van der Waals surface area (Å²) in [6.07, 6.45) is 6.87. The Kier molecular flexibility index (Phi) is 8.34. The van der Waals surface area contributed by atoms with E-state index in [4.69, 9.17) is 0 Å². The van der Waals surface area contributed by atoms with Gasteiger partial charge in [0.25, 0.3) is 0 Å². The van der Waals surface area contributed by atoms with E-state index in [1.54, 1.807) is 0 Å². The minimum Gasteiger partial charge on any atom is -0.355 e. The first kappa shape index (κ1) is 20.2. The maximum Gasteiger partial charge on any atom is 0.223 e. The van der Waals surface area contributed by atoms with Crippen LogP contribution < -0.4 is 16.0 Å². The molecule has 0 aromatic carbocycles. The van der Waals surface area contributed by atoms with Gasteiger partial charge >= 0.3 is 0 Å². The van der Waals surface area contributed by atoms with Crippen molar-refractivity contribution in [3.63, 3.8) is 0 Å². The molecule has 2 rings (SSSR count). The lowest BCUT2D eigenvalue weighted by Gasteiger charge is -2.34. The van der Waals surface area contributed by atoms with Gasteiger partial charge in [0.05, 0.1) is 0 Å². The molecule has 6 heteroatoms. The van der Waals surface area contributed by atoms with Gasteiger partial charge in [0.1, 0.15) is 0 Å². The molecule has 1 atom stereocenters. The monoisotopic (exact) mass is 345 g/mol. The molecule has 1 saturated carbocycles. The molecule has 0 aromatic rings. The van der Waals surface area contributed by atoms with Crippen molar-refractivity contribution >= 4 is 24.2 Å². The van der Waals surface area contributed by atoms with Crippen LogP contribution >= 0.6 is 12.4 Å². The summed E-state index contributed by atoms with van der Waals surface area (Å²) in [6, 6.07) is -0.0890. The van der Waals surface area contributed by atoms with E-state index in [1.807, 2.05) is 6.92 Å². The highest BCUT2D eigenvalue weighted by Crippen LogP contribution is 2.27. The highest BCUT2D eigenvalue weighted by molar-refractivity contribution is 5.85. The Morgan fingerprint density at radius 1 is 1.22 bits per heavy atom. The summed E-state index contributed by atoms with van der Waals surface area (Å²) in [6.45, 7) is 6.94. The van der Waals surface area contributed by atoms with Crippen LogP contribution in [0.4, 0.5) is 0 Å². The maximum absolute atomic E-state index is 12.1. The first-order valence-corrected chi connectivity index (χ1v) is 8.76. The quantitative estimate of drug-likeness (QED) is 0.689. The summed E-state index contributed by atoms with van der Waals surface area (Å²) in [5.41, 5.74) is 0.206. The first-order chi connectivity index (χ1) is 10.5. The van der Waals surface area contributed by atoms with Gasteiger partial charge in [-0.1, -0.05) is 19.8 Å². The van der Waals surface area contributed by atoms with Gasteiger partial charge in [-0.25, -0.2) is 0 Å². The number of nitrogens with one attached hydrogen (secondary N) is 3. The summed E-state index contributed by atoms with van der Waals surface area (Å²) in [5, 5.41) is 9.39. The van der Waals surface area contributed by atoms with Crippen LogP contribution in [0.5, 0.6) is 0 Å². The molecule has 2 amide bonds. The van der Waals surface area contributed by atoms with Crippen molar-refractivity contribution in [2.75, 3.05) is 19.6 Å². The molecule has 1 saturated heterocycles. The highest BCUT2D eigenvalue weighted by Gasteiger charge is 2.28. The molecule has 1 aliphatic heterocycles. The number of carbonyl (C=O) groups is 2. The Balaban J connectivity index is 0.00000264. The molecule has 1 aliphatic carbocycles. The smallest absolute Gasteiger partial charge is 0.223 e. The van der Waals surface area contributed by atoms with Gasteiger partial charge in [0, 0.05) is 24.9 Å². The van der Waals surface area contributed by atoms with E-state index < -0.39 is 0 Å². The molecule has 0 radical (unpaired) electrons. The Labute approximate surface area is 146 Å². The average Bonchev–Trinajstić information content (AvgIpc) is 3.00. The van der Waals surface area contributed by atoms with E-state index in [0.717, 1.165) is 58.2 Å². The minimum absolute atomic E-state index is 0. The van der Waals surface area contributed by atoms with Crippen LogP contribution in [0.3, 0.4) is 0 Å². The van der Waals surface area contributed by atoms with Gasteiger partial charge in [-0.3, -0.25) is 9.59 Å². The topological polar surface area (TPSA) is 70.2 Å². The zero-order valence-electron chi connectivity index (χ0n) is 14.5. The van der Waals surface area contributed by atoms with Gasteiger partial charge in [0.2, 0.25) is 11.8 Å². The van der Waals surface area contributed by atoms with Crippen molar-refractivity contribution in [2.45, 2.75) is 64.8 Å². The fraction of sp³-hybridized carbons (Fsp3) is 0.882. The zero-order valence-corrected chi connectivity index (χ0v) is 15.3. The van der Waals surface area contributed by atoms with Crippen molar-refractivity contribution in [1.82, 2.24) is 16.0 Å². The molecular weight excluding hydrogens is 314 g/mol. The lowest BCUT2D eigenvalue weighted by Crippen LogP contribution is -2.44. The van der Waals surface area contributed by atoms with E-state index in [0.29, 0.717) is 6.42 Å². The normalized spacial score (nSPS) is 22.0. The Morgan fingerprint density at radius 3 is 2.43 bits per heavy atom. The summed E-state index contributed by atoms with van der Waals surface area (Å²) in [4.78, 5) is 24.1. The minimum atomic E-state index is -0.0890. The number of hydrogen-bond donors (Lipinski definition) is 3. The highest BCUT2D eigenvalue weighted by atomic mass is 35.5. The third-order valence-electron chi connectivity index (χ3n) is 5.13. The first-order valence-electron chi connectivity index (χ1n) is 8.76. The van der Waals surface area contributed by atoms with Crippen LogP contribution in [0.15, 0.2) is 0 Å². The molecule has 3 N–H and O–H groups in total. The largest absolute Gasteiger partial charge is 0.355 e. The third kappa shape index (κ3) is 6.68. The fourth-order valence-electron chi connectivity index (χ4n) is 3.47. The van der Waals surface area contributed by atoms with Gasteiger partial charge in [-0.05, 0) is 51.1 Å². The van der Waals surface area contributed by atoms with Crippen LogP contribution in [-0.4, -0.2) is 37.5 Å². The molecule has 2 aliphatic rings. The molecule has 1 heterocycles. The van der Waals surface area contributed by atoms with E-state index in [-0.39, 0.29) is 41.6 Å². The van der Waals surface area contributed by atoms with Crippen LogP contribution in [0.25, 0.3) is 0 Å². The van der Waals surface area contributed by atoms with Gasteiger partial charge in [-0.15, -0.1) is 12.4 Å². The Morgan fingerprint density at radius 2 is 1.83 bits per heavy atom. The van der Waals surface area contributed by atoms with Crippen LogP contribution in [0.1, 0.15) is 58.8 Å². The number of rotatable bonds is 6. The standard InChI is InChI=1S/C17H31N3O2.ClH/c1-13(20-16(22)14-5-3-4-6-14)11-15(21)19-12-17(2)7-9-18-10-8-17;/h13-14,18H,3-12H2,1-2H3,(H,19,21)(H,20,22);1H. The van der Waals surface area contributed by atoms with Crippen molar-refractivity contribution in [1.29, 1.82) is 0 Å². The Bertz CT molecular complexity index is 391. The van der Waals surface area contributed by atoms with E-state index in [2.05, 4.69) is 22.9 Å². The molecule has 0 bridgehead atoms.